The first-order valence-electron chi connectivity index (χ1n) is 10.1. The quantitative estimate of drug-likeness (QED) is 0.567. The second-order valence-corrected chi connectivity index (χ2v) is 8.43. The normalized spacial score (nSPS) is 18.8. The first-order valence-corrected chi connectivity index (χ1v) is 10.1. The molecule has 5 heteroatoms. The van der Waals surface area contributed by atoms with Gasteiger partial charge in [0.15, 0.2) is 5.96 Å². The number of hydrogen-bond acceptors (Lipinski definition) is 3. The van der Waals surface area contributed by atoms with Gasteiger partial charge in [0.05, 0.1) is 12.6 Å². The average Bonchev–Trinajstić information content (AvgIpc) is 2.67. The summed E-state index contributed by atoms with van der Waals surface area (Å²) in [4.78, 5) is 4.96. The molecule has 1 heterocycles. The van der Waals surface area contributed by atoms with Crippen molar-refractivity contribution in [2.45, 2.75) is 52.1 Å². The van der Waals surface area contributed by atoms with E-state index in [0.717, 1.165) is 51.6 Å². The van der Waals surface area contributed by atoms with Crippen molar-refractivity contribution in [1.82, 2.24) is 10.6 Å². The van der Waals surface area contributed by atoms with Crippen molar-refractivity contribution in [2.24, 2.45) is 10.4 Å². The zero-order valence-corrected chi connectivity index (χ0v) is 17.7. The predicted octanol–water partition coefficient (Wildman–Crippen LogP) is 3.35. The highest BCUT2D eigenvalue weighted by Gasteiger charge is 2.34. The summed E-state index contributed by atoms with van der Waals surface area (Å²) < 4.78 is 11.3. The molecule has 1 aromatic carbocycles. The Hall–Kier alpha value is -1.59. The first-order chi connectivity index (χ1) is 12.9. The molecule has 0 bridgehead atoms. The van der Waals surface area contributed by atoms with Crippen LogP contribution in [0.1, 0.15) is 46.1 Å². The van der Waals surface area contributed by atoms with Crippen molar-refractivity contribution in [3.05, 3.63) is 35.9 Å². The van der Waals surface area contributed by atoms with Crippen LogP contribution in [0.2, 0.25) is 0 Å². The largest absolute Gasteiger partial charge is 0.381 e. The van der Waals surface area contributed by atoms with Crippen LogP contribution in [-0.4, -0.2) is 52.0 Å². The van der Waals surface area contributed by atoms with Crippen molar-refractivity contribution in [2.75, 3.05) is 40.0 Å². The molecule has 1 aliphatic rings. The highest BCUT2D eigenvalue weighted by Crippen LogP contribution is 2.35. The van der Waals surface area contributed by atoms with Gasteiger partial charge < -0.3 is 20.1 Å². The molecule has 2 N–H and O–H groups in total. The van der Waals surface area contributed by atoms with E-state index in [1.807, 2.05) is 0 Å². The fraction of sp³-hybridized carbons (Fsp3) is 0.682. The Balaban J connectivity index is 2.13. The minimum atomic E-state index is 0.0482. The van der Waals surface area contributed by atoms with Gasteiger partial charge in [-0.05, 0) is 30.7 Å². The Morgan fingerprint density at radius 3 is 2.41 bits per heavy atom. The monoisotopic (exact) mass is 375 g/mol. The Kier molecular flexibility index (Phi) is 8.11. The number of rotatable bonds is 7. The molecule has 1 fully saturated rings. The molecular formula is C22H37N3O2. The molecule has 0 radical (unpaired) electrons. The summed E-state index contributed by atoms with van der Waals surface area (Å²) in [5, 5.41) is 6.84. The molecule has 152 valence electrons. The third kappa shape index (κ3) is 6.22. The van der Waals surface area contributed by atoms with Gasteiger partial charge >= 0.3 is 0 Å². The highest BCUT2D eigenvalue weighted by atomic mass is 16.5. The van der Waals surface area contributed by atoms with Crippen molar-refractivity contribution in [3.63, 3.8) is 0 Å². The van der Waals surface area contributed by atoms with Crippen molar-refractivity contribution < 1.29 is 9.47 Å². The van der Waals surface area contributed by atoms with Gasteiger partial charge in [-0.3, -0.25) is 4.99 Å². The van der Waals surface area contributed by atoms with Crippen molar-refractivity contribution in [1.29, 1.82) is 0 Å². The summed E-state index contributed by atoms with van der Waals surface area (Å²) in [5.41, 5.74) is 1.48. The standard InChI is InChI=1S/C22H37N3O2/c1-6-23-20(24-16-19(26-5)21(2,3)4)25-17-22(12-14-27-15-13-22)18-10-8-7-9-11-18/h7-11,19H,6,12-17H2,1-5H3,(H2,23,24,25). The summed E-state index contributed by atoms with van der Waals surface area (Å²) in [6.45, 7) is 12.6. The summed E-state index contributed by atoms with van der Waals surface area (Å²) >= 11 is 0. The van der Waals surface area contributed by atoms with E-state index in [0.29, 0.717) is 0 Å². The third-order valence-electron chi connectivity index (χ3n) is 5.43. The molecule has 1 unspecified atom stereocenters. The lowest BCUT2D eigenvalue weighted by atomic mass is 9.74. The highest BCUT2D eigenvalue weighted by molar-refractivity contribution is 5.79. The van der Waals surface area contributed by atoms with E-state index in [1.165, 1.54) is 5.56 Å². The maximum Gasteiger partial charge on any atom is 0.191 e. The number of guanidine groups is 1. The number of hydrogen-bond donors (Lipinski definition) is 2. The lowest BCUT2D eigenvalue weighted by molar-refractivity contribution is 0.0205. The van der Waals surface area contributed by atoms with Crippen LogP contribution >= 0.6 is 0 Å². The SMILES string of the molecule is CCNC(=NCC1(c2ccccc2)CCOCC1)NCC(OC)C(C)(C)C. The van der Waals surface area contributed by atoms with E-state index in [1.54, 1.807) is 7.11 Å². The Bertz CT molecular complexity index is 575. The zero-order chi connectivity index (χ0) is 19.8. The van der Waals surface area contributed by atoms with E-state index < -0.39 is 0 Å². The van der Waals surface area contributed by atoms with Crippen LogP contribution in [0.4, 0.5) is 0 Å². The first kappa shape index (κ1) is 21.7. The summed E-state index contributed by atoms with van der Waals surface area (Å²) in [6.07, 6.45) is 2.12. The second kappa shape index (κ2) is 10.1. The topological polar surface area (TPSA) is 54.9 Å². The van der Waals surface area contributed by atoms with Gasteiger partial charge in [0.1, 0.15) is 0 Å². The third-order valence-corrected chi connectivity index (χ3v) is 5.43. The minimum Gasteiger partial charge on any atom is -0.381 e. The maximum atomic E-state index is 5.67. The van der Waals surface area contributed by atoms with Gasteiger partial charge in [0.25, 0.3) is 0 Å². The van der Waals surface area contributed by atoms with Crippen LogP contribution in [0.25, 0.3) is 0 Å². The van der Waals surface area contributed by atoms with Crippen LogP contribution in [-0.2, 0) is 14.9 Å². The van der Waals surface area contributed by atoms with Gasteiger partial charge in [0.2, 0.25) is 0 Å². The number of methoxy groups -OCH3 is 1. The molecule has 0 aromatic heterocycles. The van der Waals surface area contributed by atoms with Crippen LogP contribution in [0.15, 0.2) is 35.3 Å². The molecule has 0 amide bonds. The van der Waals surface area contributed by atoms with E-state index >= 15 is 0 Å². The minimum absolute atomic E-state index is 0.0482. The zero-order valence-electron chi connectivity index (χ0n) is 17.7. The molecule has 0 aliphatic carbocycles. The van der Waals surface area contributed by atoms with Gasteiger partial charge in [-0.15, -0.1) is 0 Å². The molecule has 1 saturated heterocycles. The van der Waals surface area contributed by atoms with E-state index in [-0.39, 0.29) is 16.9 Å². The fourth-order valence-corrected chi connectivity index (χ4v) is 3.60. The lowest BCUT2D eigenvalue weighted by Gasteiger charge is -2.37. The summed E-state index contributed by atoms with van der Waals surface area (Å²) in [5.74, 6) is 0.852. The number of nitrogens with zero attached hydrogens (tertiary/aromatic N) is 1. The van der Waals surface area contributed by atoms with Gasteiger partial charge in [0, 0.05) is 38.8 Å². The summed E-state index contributed by atoms with van der Waals surface area (Å²) in [6, 6.07) is 10.8. The van der Waals surface area contributed by atoms with Gasteiger partial charge in [-0.25, -0.2) is 0 Å². The Morgan fingerprint density at radius 1 is 1.19 bits per heavy atom. The van der Waals surface area contributed by atoms with Crippen LogP contribution in [0.5, 0.6) is 0 Å². The lowest BCUT2D eigenvalue weighted by Crippen LogP contribution is -2.46. The van der Waals surface area contributed by atoms with Gasteiger partial charge in [-0.1, -0.05) is 51.1 Å². The molecule has 1 aromatic rings. The molecule has 0 saturated carbocycles. The molecule has 5 nitrogen and oxygen atoms in total. The number of nitrogens with one attached hydrogen (secondary N) is 2. The smallest absolute Gasteiger partial charge is 0.191 e. The molecule has 27 heavy (non-hydrogen) atoms. The molecule has 2 rings (SSSR count). The molecule has 1 aliphatic heterocycles. The van der Waals surface area contributed by atoms with Crippen molar-refractivity contribution >= 4 is 5.96 Å². The van der Waals surface area contributed by atoms with Crippen molar-refractivity contribution in [3.8, 4) is 0 Å². The fourth-order valence-electron chi connectivity index (χ4n) is 3.60. The number of aliphatic imine (C=N–C) groups is 1. The second-order valence-electron chi connectivity index (χ2n) is 8.43. The predicted molar refractivity (Wildman–Crippen MR) is 112 cm³/mol. The Morgan fingerprint density at radius 2 is 1.85 bits per heavy atom. The average molecular weight is 376 g/mol. The number of ether oxygens (including phenoxy) is 2. The van der Waals surface area contributed by atoms with E-state index in [9.17, 15) is 0 Å². The number of benzene rings is 1. The molecule has 1 atom stereocenters. The van der Waals surface area contributed by atoms with Gasteiger partial charge in [-0.2, -0.15) is 0 Å². The van der Waals surface area contributed by atoms with Crippen LogP contribution < -0.4 is 10.6 Å². The van der Waals surface area contributed by atoms with E-state index in [4.69, 9.17) is 14.5 Å². The molecular weight excluding hydrogens is 338 g/mol. The van der Waals surface area contributed by atoms with Crippen LogP contribution in [0, 0.1) is 5.41 Å². The Labute approximate surface area is 164 Å². The maximum absolute atomic E-state index is 5.67. The van der Waals surface area contributed by atoms with Crippen LogP contribution in [0.3, 0.4) is 0 Å². The summed E-state index contributed by atoms with van der Waals surface area (Å²) in [7, 11) is 1.77. The van der Waals surface area contributed by atoms with E-state index in [2.05, 4.69) is 68.7 Å². The molecule has 0 spiro atoms.